The van der Waals surface area contributed by atoms with E-state index in [1.165, 1.54) is 6.54 Å². The second-order valence-electron chi connectivity index (χ2n) is 6.23. The van der Waals surface area contributed by atoms with Crippen molar-refractivity contribution >= 4 is 5.82 Å². The molecule has 1 saturated heterocycles. The summed E-state index contributed by atoms with van der Waals surface area (Å²) in [6, 6.07) is 0. The van der Waals surface area contributed by atoms with Crippen molar-refractivity contribution in [1.29, 1.82) is 0 Å². The van der Waals surface area contributed by atoms with E-state index in [1.807, 2.05) is 12.4 Å². The maximum Gasteiger partial charge on any atom is 0.147 e. The zero-order valence-electron chi connectivity index (χ0n) is 13.7. The van der Waals surface area contributed by atoms with Gasteiger partial charge in [-0.2, -0.15) is 0 Å². The van der Waals surface area contributed by atoms with E-state index in [2.05, 4.69) is 40.9 Å². The first-order valence-electron chi connectivity index (χ1n) is 8.18. The van der Waals surface area contributed by atoms with E-state index < -0.39 is 0 Å². The predicted molar refractivity (Wildman–Crippen MR) is 87.5 cm³/mol. The fourth-order valence-electron chi connectivity index (χ4n) is 2.70. The van der Waals surface area contributed by atoms with Crippen LogP contribution in [0.15, 0.2) is 12.4 Å². The summed E-state index contributed by atoms with van der Waals surface area (Å²) in [5.74, 6) is 1.76. The highest BCUT2D eigenvalue weighted by atomic mass is 15.3. The summed E-state index contributed by atoms with van der Waals surface area (Å²) >= 11 is 0. The van der Waals surface area contributed by atoms with E-state index in [-0.39, 0.29) is 0 Å². The van der Waals surface area contributed by atoms with Crippen molar-refractivity contribution in [2.75, 3.05) is 44.2 Å². The average molecular weight is 291 g/mol. The summed E-state index contributed by atoms with van der Waals surface area (Å²) < 4.78 is 0. The van der Waals surface area contributed by atoms with Crippen LogP contribution in [0.5, 0.6) is 0 Å². The van der Waals surface area contributed by atoms with E-state index in [0.29, 0.717) is 0 Å². The van der Waals surface area contributed by atoms with Gasteiger partial charge in [0.2, 0.25) is 0 Å². The van der Waals surface area contributed by atoms with Gasteiger partial charge in [0.15, 0.2) is 0 Å². The molecular weight excluding hydrogens is 262 g/mol. The van der Waals surface area contributed by atoms with Crippen LogP contribution in [0.3, 0.4) is 0 Å². The summed E-state index contributed by atoms with van der Waals surface area (Å²) in [6.07, 6.45) is 4.90. The Morgan fingerprint density at radius 3 is 2.62 bits per heavy atom. The van der Waals surface area contributed by atoms with Gasteiger partial charge in [-0.25, -0.2) is 4.98 Å². The third-order valence-corrected chi connectivity index (χ3v) is 3.72. The molecule has 0 bridgehead atoms. The average Bonchev–Trinajstić information content (AvgIpc) is 2.48. The van der Waals surface area contributed by atoms with Gasteiger partial charge in [0.25, 0.3) is 0 Å². The molecule has 5 nitrogen and oxygen atoms in total. The molecule has 0 aromatic carbocycles. The minimum atomic E-state index is 0.740. The molecule has 1 aliphatic rings. The summed E-state index contributed by atoms with van der Waals surface area (Å²) in [6.45, 7) is 14.1. The Balaban J connectivity index is 1.86. The lowest BCUT2D eigenvalue weighted by Gasteiger charge is -2.36. The highest BCUT2D eigenvalue weighted by Gasteiger charge is 2.18. The number of hydrogen-bond donors (Lipinski definition) is 1. The lowest BCUT2D eigenvalue weighted by Crippen LogP contribution is -2.47. The molecule has 2 heterocycles. The first-order chi connectivity index (χ1) is 10.2. The molecule has 0 atom stereocenters. The lowest BCUT2D eigenvalue weighted by atomic mass is 10.2. The summed E-state index contributed by atoms with van der Waals surface area (Å²) in [5.41, 5.74) is 1.03. The SMILES string of the molecule is CCCNCc1cncc(N2CCN(CC(C)C)CC2)n1. The molecule has 5 heteroatoms. The smallest absolute Gasteiger partial charge is 0.147 e. The molecule has 1 fully saturated rings. The van der Waals surface area contributed by atoms with E-state index in [0.717, 1.165) is 63.1 Å². The summed E-state index contributed by atoms with van der Waals surface area (Å²) in [7, 11) is 0. The van der Waals surface area contributed by atoms with Crippen LogP contribution in [0.1, 0.15) is 32.9 Å². The fraction of sp³-hybridized carbons (Fsp3) is 0.750. The van der Waals surface area contributed by atoms with Gasteiger partial charge in [-0.1, -0.05) is 20.8 Å². The summed E-state index contributed by atoms with van der Waals surface area (Å²) in [5, 5.41) is 3.38. The molecule has 0 spiro atoms. The summed E-state index contributed by atoms with van der Waals surface area (Å²) in [4.78, 5) is 14.0. The van der Waals surface area contributed by atoms with Crippen molar-refractivity contribution in [2.45, 2.75) is 33.7 Å². The monoisotopic (exact) mass is 291 g/mol. The van der Waals surface area contributed by atoms with Crippen LogP contribution in [0.4, 0.5) is 5.82 Å². The molecule has 0 amide bonds. The Kier molecular flexibility index (Phi) is 6.39. The third-order valence-electron chi connectivity index (χ3n) is 3.72. The first-order valence-corrected chi connectivity index (χ1v) is 8.18. The number of nitrogens with zero attached hydrogens (tertiary/aromatic N) is 4. The number of anilines is 1. The minimum absolute atomic E-state index is 0.740. The molecule has 1 aliphatic heterocycles. The number of rotatable bonds is 7. The van der Waals surface area contributed by atoms with Crippen LogP contribution in [0.2, 0.25) is 0 Å². The van der Waals surface area contributed by atoms with Crippen molar-refractivity contribution in [3.8, 4) is 0 Å². The number of hydrogen-bond acceptors (Lipinski definition) is 5. The largest absolute Gasteiger partial charge is 0.353 e. The lowest BCUT2D eigenvalue weighted by molar-refractivity contribution is 0.231. The number of nitrogens with one attached hydrogen (secondary N) is 1. The van der Waals surface area contributed by atoms with E-state index in [1.54, 1.807) is 0 Å². The zero-order valence-corrected chi connectivity index (χ0v) is 13.7. The van der Waals surface area contributed by atoms with Gasteiger partial charge in [0.05, 0.1) is 11.9 Å². The van der Waals surface area contributed by atoms with Gasteiger partial charge in [0, 0.05) is 45.5 Å². The van der Waals surface area contributed by atoms with Crippen LogP contribution >= 0.6 is 0 Å². The van der Waals surface area contributed by atoms with Crippen LogP contribution in [-0.4, -0.2) is 54.1 Å². The van der Waals surface area contributed by atoms with Gasteiger partial charge >= 0.3 is 0 Å². The van der Waals surface area contributed by atoms with Gasteiger partial charge < -0.3 is 10.2 Å². The second kappa shape index (κ2) is 8.29. The molecule has 118 valence electrons. The predicted octanol–water partition coefficient (Wildman–Crippen LogP) is 1.75. The molecule has 0 unspecified atom stereocenters. The maximum absolute atomic E-state index is 4.74. The highest BCUT2D eigenvalue weighted by Crippen LogP contribution is 2.13. The van der Waals surface area contributed by atoms with Crippen molar-refractivity contribution in [3.05, 3.63) is 18.1 Å². The van der Waals surface area contributed by atoms with Crippen LogP contribution < -0.4 is 10.2 Å². The van der Waals surface area contributed by atoms with E-state index in [4.69, 9.17) is 4.98 Å². The van der Waals surface area contributed by atoms with E-state index >= 15 is 0 Å². The maximum atomic E-state index is 4.74. The van der Waals surface area contributed by atoms with Gasteiger partial charge in [0.1, 0.15) is 5.82 Å². The standard InChI is InChI=1S/C16H29N5/c1-4-5-17-10-15-11-18-12-16(19-15)21-8-6-20(7-9-21)13-14(2)3/h11-12,14,17H,4-10,13H2,1-3H3. The second-order valence-corrected chi connectivity index (χ2v) is 6.23. The number of aromatic nitrogens is 2. The van der Waals surface area contributed by atoms with Crippen LogP contribution in [0.25, 0.3) is 0 Å². The quantitative estimate of drug-likeness (QED) is 0.776. The zero-order chi connectivity index (χ0) is 15.1. The van der Waals surface area contributed by atoms with Crippen molar-refractivity contribution in [1.82, 2.24) is 20.2 Å². The molecule has 1 N–H and O–H groups in total. The van der Waals surface area contributed by atoms with Crippen molar-refractivity contribution < 1.29 is 0 Å². The molecule has 1 aromatic rings. The number of piperazine rings is 1. The Morgan fingerprint density at radius 2 is 1.95 bits per heavy atom. The molecule has 21 heavy (non-hydrogen) atoms. The molecular formula is C16H29N5. The Labute approximate surface area is 128 Å². The minimum Gasteiger partial charge on any atom is -0.353 e. The Bertz CT molecular complexity index is 413. The molecule has 1 aromatic heterocycles. The van der Waals surface area contributed by atoms with E-state index in [9.17, 15) is 0 Å². The van der Waals surface area contributed by atoms with Crippen molar-refractivity contribution in [3.63, 3.8) is 0 Å². The molecule has 0 saturated carbocycles. The first kappa shape index (κ1) is 16.2. The van der Waals surface area contributed by atoms with Gasteiger partial charge in [-0.15, -0.1) is 0 Å². The Morgan fingerprint density at radius 1 is 1.19 bits per heavy atom. The third kappa shape index (κ3) is 5.25. The van der Waals surface area contributed by atoms with Crippen LogP contribution in [0, 0.1) is 5.92 Å². The highest BCUT2D eigenvalue weighted by molar-refractivity contribution is 5.37. The molecule has 0 radical (unpaired) electrons. The topological polar surface area (TPSA) is 44.3 Å². The molecule has 2 rings (SSSR count). The van der Waals surface area contributed by atoms with Gasteiger partial charge in [-0.05, 0) is 18.9 Å². The molecule has 0 aliphatic carbocycles. The van der Waals surface area contributed by atoms with Gasteiger partial charge in [-0.3, -0.25) is 9.88 Å². The van der Waals surface area contributed by atoms with Crippen LogP contribution in [-0.2, 0) is 6.54 Å². The fourth-order valence-corrected chi connectivity index (χ4v) is 2.70. The van der Waals surface area contributed by atoms with Crippen molar-refractivity contribution in [2.24, 2.45) is 5.92 Å². The normalized spacial score (nSPS) is 16.7. The Hall–Kier alpha value is -1.20.